The predicted molar refractivity (Wildman–Crippen MR) is 74.2 cm³/mol. The van der Waals surface area contributed by atoms with Crippen molar-refractivity contribution in [2.45, 2.75) is 33.0 Å². The smallest absolute Gasteiger partial charge is 0.347 e. The molecule has 8 heteroatoms. The van der Waals surface area contributed by atoms with E-state index in [2.05, 4.69) is 0 Å². The maximum Gasteiger partial charge on any atom is 0.347 e. The van der Waals surface area contributed by atoms with E-state index in [4.69, 9.17) is 21.1 Å². The first-order valence-corrected chi connectivity index (χ1v) is 6.45. The number of nitro benzene ring substituents is 1. The van der Waals surface area contributed by atoms with Crippen LogP contribution in [-0.2, 0) is 14.3 Å². The molecule has 0 fully saturated rings. The van der Waals surface area contributed by atoms with Gasteiger partial charge in [0.05, 0.1) is 21.6 Å². The molecule has 0 aliphatic heterocycles. The quantitative estimate of drug-likeness (QED) is 0.471. The maximum atomic E-state index is 11.9. The van der Waals surface area contributed by atoms with Crippen molar-refractivity contribution >= 4 is 29.2 Å². The Kier molecular flexibility index (Phi) is 5.66. The van der Waals surface area contributed by atoms with Crippen LogP contribution in [0, 0.1) is 10.1 Å². The zero-order chi connectivity index (χ0) is 16.2. The highest BCUT2D eigenvalue weighted by Crippen LogP contribution is 2.23. The van der Waals surface area contributed by atoms with Gasteiger partial charge in [-0.1, -0.05) is 11.6 Å². The Bertz CT molecular complexity index is 572. The summed E-state index contributed by atoms with van der Waals surface area (Å²) in [6, 6.07) is 3.33. The van der Waals surface area contributed by atoms with Crippen LogP contribution in [-0.4, -0.2) is 29.1 Å². The highest BCUT2D eigenvalue weighted by atomic mass is 35.5. The van der Waals surface area contributed by atoms with Crippen molar-refractivity contribution in [1.29, 1.82) is 0 Å². The van der Waals surface area contributed by atoms with Gasteiger partial charge in [-0.05, 0) is 26.8 Å². The van der Waals surface area contributed by atoms with Crippen molar-refractivity contribution < 1.29 is 24.0 Å². The Balaban J connectivity index is 2.80. The molecule has 114 valence electrons. The van der Waals surface area contributed by atoms with E-state index in [9.17, 15) is 19.7 Å². The van der Waals surface area contributed by atoms with E-state index in [1.165, 1.54) is 13.0 Å². The Hall–Kier alpha value is -2.15. The van der Waals surface area contributed by atoms with E-state index in [1.807, 2.05) is 0 Å². The second-order valence-corrected chi connectivity index (χ2v) is 4.86. The monoisotopic (exact) mass is 315 g/mol. The standard InChI is InChI=1S/C13H14ClNO6/c1-7(2)20-12(16)8(3)21-13(17)10-5-4-9(15(18)19)6-11(10)14/h4-8H,1-3H3/t8-/m0/s1. The van der Waals surface area contributed by atoms with E-state index in [0.29, 0.717) is 0 Å². The van der Waals surface area contributed by atoms with Gasteiger partial charge in [0.2, 0.25) is 0 Å². The van der Waals surface area contributed by atoms with Gasteiger partial charge in [-0.25, -0.2) is 9.59 Å². The third-order valence-electron chi connectivity index (χ3n) is 2.35. The molecule has 0 heterocycles. The minimum Gasteiger partial charge on any atom is -0.460 e. The Labute approximate surface area is 125 Å². The molecule has 0 saturated heterocycles. The fourth-order valence-corrected chi connectivity index (χ4v) is 1.64. The molecule has 0 bridgehead atoms. The summed E-state index contributed by atoms with van der Waals surface area (Å²) in [6.45, 7) is 4.70. The summed E-state index contributed by atoms with van der Waals surface area (Å²) >= 11 is 5.79. The number of benzene rings is 1. The number of nitrogens with zero attached hydrogens (tertiary/aromatic N) is 1. The van der Waals surface area contributed by atoms with Crippen LogP contribution in [0.3, 0.4) is 0 Å². The molecule has 0 aromatic heterocycles. The molecule has 1 aromatic rings. The molecule has 1 rings (SSSR count). The van der Waals surface area contributed by atoms with Gasteiger partial charge < -0.3 is 9.47 Å². The number of halogens is 1. The van der Waals surface area contributed by atoms with E-state index >= 15 is 0 Å². The van der Waals surface area contributed by atoms with Crippen LogP contribution in [0.1, 0.15) is 31.1 Å². The zero-order valence-electron chi connectivity index (χ0n) is 11.7. The Morgan fingerprint density at radius 2 is 1.86 bits per heavy atom. The first-order chi connectivity index (χ1) is 9.72. The maximum absolute atomic E-state index is 11.9. The van der Waals surface area contributed by atoms with E-state index in [0.717, 1.165) is 12.1 Å². The second-order valence-electron chi connectivity index (χ2n) is 4.45. The summed E-state index contributed by atoms with van der Waals surface area (Å²) < 4.78 is 9.80. The average Bonchev–Trinajstić information content (AvgIpc) is 2.37. The van der Waals surface area contributed by atoms with Gasteiger partial charge in [0.15, 0.2) is 6.10 Å². The van der Waals surface area contributed by atoms with Crippen molar-refractivity contribution in [1.82, 2.24) is 0 Å². The SMILES string of the molecule is CC(C)OC(=O)[C@H](C)OC(=O)c1ccc([N+](=O)[O-])cc1Cl. The lowest BCUT2D eigenvalue weighted by Crippen LogP contribution is -2.28. The number of esters is 2. The van der Waals surface area contributed by atoms with Crippen LogP contribution in [0.5, 0.6) is 0 Å². The lowest BCUT2D eigenvalue weighted by atomic mass is 10.2. The summed E-state index contributed by atoms with van der Waals surface area (Å²) in [5.41, 5.74) is -0.310. The largest absolute Gasteiger partial charge is 0.460 e. The number of carbonyl (C=O) groups excluding carboxylic acids is 2. The van der Waals surface area contributed by atoms with Gasteiger partial charge in [0, 0.05) is 12.1 Å². The van der Waals surface area contributed by atoms with Gasteiger partial charge in [-0.2, -0.15) is 0 Å². The molecular weight excluding hydrogens is 302 g/mol. The van der Waals surface area contributed by atoms with Crippen LogP contribution in [0.2, 0.25) is 5.02 Å². The lowest BCUT2D eigenvalue weighted by molar-refractivity contribution is -0.384. The fourth-order valence-electron chi connectivity index (χ4n) is 1.38. The van der Waals surface area contributed by atoms with E-state index in [-0.39, 0.29) is 22.4 Å². The normalized spacial score (nSPS) is 11.9. The van der Waals surface area contributed by atoms with E-state index in [1.54, 1.807) is 13.8 Å². The third-order valence-corrected chi connectivity index (χ3v) is 2.66. The van der Waals surface area contributed by atoms with Gasteiger partial charge in [0.1, 0.15) is 0 Å². The minimum absolute atomic E-state index is 0.0635. The fraction of sp³-hybridized carbons (Fsp3) is 0.385. The number of carbonyl (C=O) groups is 2. The molecule has 0 radical (unpaired) electrons. The third kappa shape index (κ3) is 4.71. The average molecular weight is 316 g/mol. The molecule has 0 unspecified atom stereocenters. The van der Waals surface area contributed by atoms with Crippen LogP contribution in [0.15, 0.2) is 18.2 Å². The first-order valence-electron chi connectivity index (χ1n) is 6.07. The highest BCUT2D eigenvalue weighted by Gasteiger charge is 2.23. The molecule has 0 amide bonds. The van der Waals surface area contributed by atoms with Crippen molar-refractivity contribution in [3.8, 4) is 0 Å². The molecule has 0 saturated carbocycles. The van der Waals surface area contributed by atoms with Crippen LogP contribution < -0.4 is 0 Å². The molecule has 1 atom stereocenters. The zero-order valence-corrected chi connectivity index (χ0v) is 12.4. The van der Waals surface area contributed by atoms with Gasteiger partial charge >= 0.3 is 11.9 Å². The Morgan fingerprint density at radius 3 is 2.33 bits per heavy atom. The molecule has 0 N–H and O–H groups in total. The van der Waals surface area contributed by atoms with Crippen molar-refractivity contribution in [3.63, 3.8) is 0 Å². The van der Waals surface area contributed by atoms with Crippen LogP contribution in [0.4, 0.5) is 5.69 Å². The highest BCUT2D eigenvalue weighted by molar-refractivity contribution is 6.33. The molecule has 0 aliphatic carbocycles. The summed E-state index contributed by atoms with van der Waals surface area (Å²) in [6.07, 6.45) is -1.44. The van der Waals surface area contributed by atoms with Crippen molar-refractivity contribution in [2.75, 3.05) is 0 Å². The first kappa shape index (κ1) is 16.9. The van der Waals surface area contributed by atoms with Crippen LogP contribution in [0.25, 0.3) is 0 Å². The van der Waals surface area contributed by atoms with Gasteiger partial charge in [0.25, 0.3) is 5.69 Å². The predicted octanol–water partition coefficient (Wildman–Crippen LogP) is 2.75. The van der Waals surface area contributed by atoms with E-state index < -0.39 is 23.0 Å². The summed E-state index contributed by atoms with van der Waals surface area (Å²) in [7, 11) is 0. The summed E-state index contributed by atoms with van der Waals surface area (Å²) in [4.78, 5) is 33.3. The van der Waals surface area contributed by atoms with Gasteiger partial charge in [-0.3, -0.25) is 10.1 Å². The topological polar surface area (TPSA) is 95.7 Å². The number of rotatable bonds is 5. The summed E-state index contributed by atoms with van der Waals surface area (Å²) in [5, 5.41) is 10.4. The molecule has 0 spiro atoms. The van der Waals surface area contributed by atoms with Crippen LogP contribution >= 0.6 is 11.6 Å². The molecule has 21 heavy (non-hydrogen) atoms. The number of hydrogen-bond acceptors (Lipinski definition) is 6. The van der Waals surface area contributed by atoms with Crippen molar-refractivity contribution in [3.05, 3.63) is 38.9 Å². The number of ether oxygens (including phenoxy) is 2. The molecule has 1 aromatic carbocycles. The Morgan fingerprint density at radius 1 is 1.24 bits per heavy atom. The number of nitro groups is 1. The molecule has 7 nitrogen and oxygen atoms in total. The number of non-ortho nitro benzene ring substituents is 1. The van der Waals surface area contributed by atoms with Crippen molar-refractivity contribution in [2.24, 2.45) is 0 Å². The lowest BCUT2D eigenvalue weighted by Gasteiger charge is -2.15. The summed E-state index contributed by atoms with van der Waals surface area (Å²) in [5.74, 6) is -1.54. The minimum atomic E-state index is -1.11. The number of hydrogen-bond donors (Lipinski definition) is 0. The molecular formula is C13H14ClNO6. The molecule has 0 aliphatic rings. The van der Waals surface area contributed by atoms with Gasteiger partial charge in [-0.15, -0.1) is 0 Å². The second kappa shape index (κ2) is 7.03.